The monoisotopic (exact) mass is 186 g/mol. The van der Waals surface area contributed by atoms with E-state index in [-0.39, 0.29) is 5.97 Å². The molecule has 0 aromatic heterocycles. The Bertz CT molecular complexity index is 215. The molecule has 1 aliphatic heterocycles. The van der Waals surface area contributed by atoms with Gasteiger partial charge in [-0.3, -0.25) is 0 Å². The van der Waals surface area contributed by atoms with Crippen molar-refractivity contribution in [1.29, 1.82) is 0 Å². The van der Waals surface area contributed by atoms with E-state index in [1.165, 1.54) is 0 Å². The second-order valence-corrected chi connectivity index (χ2v) is 9.43. The smallest absolute Gasteiger partial charge is 0.373 e. The molecule has 0 N–H and O–H groups in total. The van der Waals surface area contributed by atoms with Crippen LogP contribution in [0.2, 0.25) is 19.6 Å². The normalized spacial score (nSPS) is 17.2. The van der Waals surface area contributed by atoms with Crippen LogP contribution in [0, 0.1) is 0 Å². The van der Waals surface area contributed by atoms with Crippen molar-refractivity contribution < 1.29 is 14.3 Å². The summed E-state index contributed by atoms with van der Waals surface area (Å²) in [6, 6.07) is 0. The summed E-state index contributed by atoms with van der Waals surface area (Å²) in [6.45, 7) is 6.93. The van der Waals surface area contributed by atoms with Gasteiger partial charge >= 0.3 is 5.97 Å². The molecule has 0 atom stereocenters. The first-order valence-corrected chi connectivity index (χ1v) is 7.70. The van der Waals surface area contributed by atoms with Crippen LogP contribution in [-0.2, 0) is 14.3 Å². The van der Waals surface area contributed by atoms with Gasteiger partial charge in [-0.05, 0) is 0 Å². The summed E-state index contributed by atoms with van der Waals surface area (Å²) < 4.78 is 10.0. The van der Waals surface area contributed by atoms with Gasteiger partial charge in [-0.25, -0.2) is 4.79 Å². The van der Waals surface area contributed by atoms with Crippen molar-refractivity contribution >= 4 is 14.0 Å². The number of hydrogen-bond donors (Lipinski definition) is 0. The van der Waals surface area contributed by atoms with Crippen LogP contribution in [0.15, 0.2) is 11.8 Å². The maximum Gasteiger partial charge on any atom is 0.373 e. The van der Waals surface area contributed by atoms with Crippen molar-refractivity contribution in [2.24, 2.45) is 0 Å². The van der Waals surface area contributed by atoms with Gasteiger partial charge in [0.15, 0.2) is 0 Å². The summed E-state index contributed by atoms with van der Waals surface area (Å²) in [6.07, 6.45) is 2.36. The number of ether oxygens (including phenoxy) is 2. The summed E-state index contributed by atoms with van der Waals surface area (Å²) in [5, 5.41) is 0. The third kappa shape index (κ3) is 2.69. The van der Waals surface area contributed by atoms with E-state index in [9.17, 15) is 4.79 Å². The molecular weight excluding hydrogens is 172 g/mol. The summed E-state index contributed by atoms with van der Waals surface area (Å²) >= 11 is 0. The molecule has 4 heteroatoms. The van der Waals surface area contributed by atoms with Crippen LogP contribution in [0.3, 0.4) is 0 Å². The van der Waals surface area contributed by atoms with Crippen LogP contribution in [0.4, 0.5) is 0 Å². The molecule has 0 bridgehead atoms. The average Bonchev–Trinajstić information content (AvgIpc) is 2.29. The lowest BCUT2D eigenvalue weighted by molar-refractivity contribution is -0.139. The van der Waals surface area contributed by atoms with Crippen molar-refractivity contribution in [2.75, 3.05) is 12.8 Å². The molecule has 0 saturated heterocycles. The van der Waals surface area contributed by atoms with Gasteiger partial charge in [-0.2, -0.15) is 0 Å². The predicted molar refractivity (Wildman–Crippen MR) is 48.3 cm³/mol. The zero-order chi connectivity index (χ0) is 9.19. The largest absolute Gasteiger partial charge is 0.490 e. The SMILES string of the molecule is C[Si](C)(C)COC1=CCOC1=O. The number of hydrogen-bond acceptors (Lipinski definition) is 3. The second-order valence-electron chi connectivity index (χ2n) is 4.02. The Labute approximate surface area is 73.4 Å². The zero-order valence-electron chi connectivity index (χ0n) is 7.72. The molecule has 0 saturated carbocycles. The molecule has 3 nitrogen and oxygen atoms in total. The number of carbonyl (C=O) groups is 1. The Morgan fingerprint density at radius 2 is 2.25 bits per heavy atom. The lowest BCUT2D eigenvalue weighted by atomic mass is 10.5. The molecule has 0 unspecified atom stereocenters. The van der Waals surface area contributed by atoms with E-state index in [0.29, 0.717) is 18.6 Å². The summed E-state index contributed by atoms with van der Waals surface area (Å²) in [7, 11) is -1.23. The third-order valence-electron chi connectivity index (χ3n) is 1.35. The average molecular weight is 186 g/mol. The van der Waals surface area contributed by atoms with Crippen LogP contribution in [-0.4, -0.2) is 26.9 Å². The van der Waals surface area contributed by atoms with Gasteiger partial charge in [0.05, 0.1) is 14.3 Å². The van der Waals surface area contributed by atoms with Crippen LogP contribution in [0.1, 0.15) is 0 Å². The molecule has 0 spiro atoms. The Morgan fingerprint density at radius 1 is 1.58 bits per heavy atom. The molecule has 12 heavy (non-hydrogen) atoms. The summed E-state index contributed by atoms with van der Waals surface area (Å²) in [4.78, 5) is 10.9. The summed E-state index contributed by atoms with van der Waals surface area (Å²) in [5.41, 5.74) is 0. The van der Waals surface area contributed by atoms with Gasteiger partial charge in [0.25, 0.3) is 0 Å². The Hall–Kier alpha value is -0.773. The molecule has 1 aliphatic rings. The highest BCUT2D eigenvalue weighted by Crippen LogP contribution is 2.11. The molecule has 0 fully saturated rings. The van der Waals surface area contributed by atoms with Gasteiger partial charge in [-0.15, -0.1) is 0 Å². The molecule has 0 amide bonds. The van der Waals surface area contributed by atoms with Crippen molar-refractivity contribution in [2.45, 2.75) is 19.6 Å². The van der Waals surface area contributed by atoms with Crippen molar-refractivity contribution in [3.8, 4) is 0 Å². The van der Waals surface area contributed by atoms with Gasteiger partial charge in [-0.1, -0.05) is 19.6 Å². The predicted octanol–water partition coefficient (Wildman–Crippen LogP) is 1.32. The highest BCUT2D eigenvalue weighted by Gasteiger charge is 2.21. The molecular formula is C8H14O3Si. The molecule has 68 valence electrons. The van der Waals surface area contributed by atoms with Gasteiger partial charge in [0.1, 0.15) is 6.61 Å². The fourth-order valence-corrected chi connectivity index (χ4v) is 1.35. The standard InChI is InChI=1S/C8H14O3Si/c1-12(2,3)6-11-7-4-5-10-8(7)9/h4H,5-6H2,1-3H3. The van der Waals surface area contributed by atoms with E-state index in [1.54, 1.807) is 6.08 Å². The van der Waals surface area contributed by atoms with Crippen LogP contribution in [0.5, 0.6) is 0 Å². The Kier molecular flexibility index (Phi) is 2.57. The quantitative estimate of drug-likeness (QED) is 0.492. The third-order valence-corrected chi connectivity index (χ3v) is 2.36. The first-order valence-electron chi connectivity index (χ1n) is 3.99. The van der Waals surface area contributed by atoms with Gasteiger partial charge < -0.3 is 9.47 Å². The maximum absolute atomic E-state index is 10.9. The van der Waals surface area contributed by atoms with Crippen LogP contribution < -0.4 is 0 Å². The number of cyclic esters (lactones) is 1. The summed E-state index contributed by atoms with van der Waals surface area (Å²) in [5.74, 6) is 0.0608. The van der Waals surface area contributed by atoms with Gasteiger partial charge in [0, 0.05) is 6.08 Å². The second kappa shape index (κ2) is 3.31. The lowest BCUT2D eigenvalue weighted by Gasteiger charge is -2.15. The molecule has 0 aliphatic carbocycles. The maximum atomic E-state index is 10.9. The molecule has 1 heterocycles. The number of carbonyl (C=O) groups excluding carboxylic acids is 1. The Balaban J connectivity index is 2.38. The highest BCUT2D eigenvalue weighted by atomic mass is 28.3. The number of rotatable bonds is 3. The first kappa shape index (κ1) is 9.32. The molecule has 0 aromatic carbocycles. The van der Waals surface area contributed by atoms with E-state index in [4.69, 9.17) is 4.74 Å². The van der Waals surface area contributed by atoms with E-state index >= 15 is 0 Å². The minimum absolute atomic E-state index is 0.326. The van der Waals surface area contributed by atoms with E-state index in [0.717, 1.165) is 0 Å². The molecule has 0 aromatic rings. The van der Waals surface area contributed by atoms with Gasteiger partial charge in [0.2, 0.25) is 5.76 Å². The molecule has 0 radical (unpaired) electrons. The van der Waals surface area contributed by atoms with E-state index in [1.807, 2.05) is 0 Å². The van der Waals surface area contributed by atoms with Crippen molar-refractivity contribution in [3.63, 3.8) is 0 Å². The minimum Gasteiger partial charge on any atom is -0.490 e. The first-order chi connectivity index (χ1) is 5.49. The minimum atomic E-state index is -1.23. The zero-order valence-corrected chi connectivity index (χ0v) is 8.72. The lowest BCUT2D eigenvalue weighted by Crippen LogP contribution is -2.28. The van der Waals surface area contributed by atoms with E-state index < -0.39 is 8.07 Å². The van der Waals surface area contributed by atoms with E-state index in [2.05, 4.69) is 24.4 Å². The molecule has 1 rings (SSSR count). The number of esters is 1. The van der Waals surface area contributed by atoms with Crippen molar-refractivity contribution in [1.82, 2.24) is 0 Å². The fraction of sp³-hybridized carbons (Fsp3) is 0.625. The Morgan fingerprint density at radius 3 is 2.67 bits per heavy atom. The van der Waals surface area contributed by atoms with Crippen LogP contribution in [0.25, 0.3) is 0 Å². The van der Waals surface area contributed by atoms with Crippen LogP contribution >= 0.6 is 0 Å². The highest BCUT2D eigenvalue weighted by molar-refractivity contribution is 6.76. The van der Waals surface area contributed by atoms with Crippen molar-refractivity contribution in [3.05, 3.63) is 11.8 Å². The topological polar surface area (TPSA) is 35.5 Å². The fourth-order valence-electron chi connectivity index (χ4n) is 0.760.